The van der Waals surface area contributed by atoms with Crippen LogP contribution in [-0.4, -0.2) is 51.9 Å². The molecular formula is C23H26N2O6S. The smallest absolute Gasteiger partial charge is 0.340 e. The third-order valence-electron chi connectivity index (χ3n) is 5.31. The van der Waals surface area contributed by atoms with Crippen LogP contribution in [0.5, 0.6) is 5.75 Å². The normalized spacial score (nSPS) is 15.4. The molecule has 1 fully saturated rings. The van der Waals surface area contributed by atoms with E-state index >= 15 is 0 Å². The molecular weight excluding hydrogens is 432 g/mol. The van der Waals surface area contributed by atoms with Crippen molar-refractivity contribution in [1.82, 2.24) is 4.31 Å². The summed E-state index contributed by atoms with van der Waals surface area (Å²) in [6.45, 7) is 0.484. The van der Waals surface area contributed by atoms with Crippen molar-refractivity contribution >= 4 is 33.7 Å². The summed E-state index contributed by atoms with van der Waals surface area (Å²) in [5.41, 5.74) is 1.31. The number of esters is 1. The first-order valence-corrected chi connectivity index (χ1v) is 11.6. The molecule has 2 aromatic rings. The average molecular weight is 459 g/mol. The second kappa shape index (κ2) is 10.4. The van der Waals surface area contributed by atoms with Gasteiger partial charge in [0.15, 0.2) is 0 Å². The van der Waals surface area contributed by atoms with Crippen molar-refractivity contribution in [3.63, 3.8) is 0 Å². The Morgan fingerprint density at radius 2 is 1.75 bits per heavy atom. The number of rotatable bonds is 7. The van der Waals surface area contributed by atoms with E-state index in [4.69, 9.17) is 9.47 Å². The number of methoxy groups -OCH3 is 2. The van der Waals surface area contributed by atoms with Crippen LogP contribution in [0.15, 0.2) is 53.9 Å². The fourth-order valence-electron chi connectivity index (χ4n) is 3.46. The van der Waals surface area contributed by atoms with E-state index in [0.29, 0.717) is 24.3 Å². The Balaban J connectivity index is 1.62. The molecule has 1 N–H and O–H groups in total. The third-order valence-corrected chi connectivity index (χ3v) is 6.87. The lowest BCUT2D eigenvalue weighted by atomic mass is 9.97. The molecule has 1 aliphatic heterocycles. The van der Waals surface area contributed by atoms with Crippen LogP contribution >= 0.6 is 0 Å². The maximum atomic E-state index is 12.8. The zero-order chi connectivity index (χ0) is 23.1. The van der Waals surface area contributed by atoms with Crippen LogP contribution in [0.3, 0.4) is 0 Å². The number of hydrogen-bond acceptors (Lipinski definition) is 6. The number of hydrogen-bond donors (Lipinski definition) is 1. The van der Waals surface area contributed by atoms with Gasteiger partial charge in [-0.1, -0.05) is 30.3 Å². The molecule has 8 nitrogen and oxygen atoms in total. The molecule has 3 rings (SSSR count). The Bertz CT molecular complexity index is 1090. The molecule has 0 saturated carbocycles. The van der Waals surface area contributed by atoms with Gasteiger partial charge in [-0.2, -0.15) is 4.31 Å². The van der Waals surface area contributed by atoms with Gasteiger partial charge < -0.3 is 14.8 Å². The summed E-state index contributed by atoms with van der Waals surface area (Å²) >= 11 is 0. The topological polar surface area (TPSA) is 102 Å². The van der Waals surface area contributed by atoms with Crippen molar-refractivity contribution in [3.05, 3.63) is 65.1 Å². The van der Waals surface area contributed by atoms with Crippen LogP contribution in [0.25, 0.3) is 6.08 Å². The largest absolute Gasteiger partial charge is 0.497 e. The molecule has 1 heterocycles. The summed E-state index contributed by atoms with van der Waals surface area (Å²) in [6.07, 6.45) is 2.33. The number of nitrogens with one attached hydrogen (secondary N) is 1. The molecule has 0 atom stereocenters. The highest BCUT2D eigenvalue weighted by atomic mass is 32.2. The van der Waals surface area contributed by atoms with Crippen LogP contribution in [-0.2, 0) is 19.6 Å². The molecule has 0 spiro atoms. The number of benzene rings is 2. The van der Waals surface area contributed by atoms with Gasteiger partial charge in [0.05, 0.1) is 25.5 Å². The minimum Gasteiger partial charge on any atom is -0.497 e. The molecule has 0 bridgehead atoms. The Kier molecular flexibility index (Phi) is 7.66. The molecule has 0 aromatic heterocycles. The predicted molar refractivity (Wildman–Crippen MR) is 122 cm³/mol. The van der Waals surface area contributed by atoms with Crippen molar-refractivity contribution in [2.75, 3.05) is 32.6 Å². The summed E-state index contributed by atoms with van der Waals surface area (Å²) < 4.78 is 36.5. The van der Waals surface area contributed by atoms with Crippen molar-refractivity contribution in [1.29, 1.82) is 0 Å². The lowest BCUT2D eigenvalue weighted by molar-refractivity contribution is -0.120. The van der Waals surface area contributed by atoms with Gasteiger partial charge in [-0.25, -0.2) is 13.2 Å². The van der Waals surface area contributed by atoms with E-state index in [1.165, 1.54) is 30.0 Å². The second-order valence-corrected chi connectivity index (χ2v) is 9.14. The summed E-state index contributed by atoms with van der Waals surface area (Å²) in [4.78, 5) is 24.8. The van der Waals surface area contributed by atoms with Crippen molar-refractivity contribution in [2.24, 2.45) is 5.92 Å². The number of carbonyl (C=O) groups is 2. The van der Waals surface area contributed by atoms with E-state index in [0.717, 1.165) is 5.56 Å². The maximum Gasteiger partial charge on any atom is 0.340 e. The highest BCUT2D eigenvalue weighted by Crippen LogP contribution is 2.26. The quantitative estimate of drug-likeness (QED) is 0.640. The second-order valence-electron chi connectivity index (χ2n) is 7.32. The number of ether oxygens (including phenoxy) is 2. The first-order chi connectivity index (χ1) is 15.3. The Labute approximate surface area is 187 Å². The average Bonchev–Trinajstić information content (AvgIpc) is 2.83. The molecule has 1 saturated heterocycles. The third kappa shape index (κ3) is 5.74. The van der Waals surface area contributed by atoms with Gasteiger partial charge in [0.1, 0.15) is 5.75 Å². The van der Waals surface area contributed by atoms with Gasteiger partial charge in [0, 0.05) is 24.4 Å². The van der Waals surface area contributed by atoms with E-state index in [-0.39, 0.29) is 30.5 Å². The first kappa shape index (κ1) is 23.5. The number of nitrogens with zero attached hydrogens (tertiary/aromatic N) is 1. The monoisotopic (exact) mass is 458 g/mol. The molecule has 0 radical (unpaired) electrons. The maximum absolute atomic E-state index is 12.8. The van der Waals surface area contributed by atoms with E-state index in [9.17, 15) is 18.0 Å². The Morgan fingerprint density at radius 3 is 2.38 bits per heavy atom. The van der Waals surface area contributed by atoms with Crippen molar-refractivity contribution in [2.45, 2.75) is 12.8 Å². The van der Waals surface area contributed by atoms with Gasteiger partial charge in [-0.15, -0.1) is 0 Å². The molecule has 9 heteroatoms. The van der Waals surface area contributed by atoms with E-state index in [1.54, 1.807) is 18.2 Å². The summed E-state index contributed by atoms with van der Waals surface area (Å²) in [7, 11) is -0.835. The van der Waals surface area contributed by atoms with Crippen LogP contribution < -0.4 is 10.1 Å². The van der Waals surface area contributed by atoms with Gasteiger partial charge in [-0.3, -0.25) is 4.79 Å². The zero-order valence-electron chi connectivity index (χ0n) is 18.0. The van der Waals surface area contributed by atoms with Crippen molar-refractivity contribution < 1.29 is 27.5 Å². The molecule has 0 unspecified atom stereocenters. The number of amides is 1. The van der Waals surface area contributed by atoms with Gasteiger partial charge in [0.2, 0.25) is 15.9 Å². The van der Waals surface area contributed by atoms with E-state index < -0.39 is 16.0 Å². The SMILES string of the molecule is COC(=O)c1cc(OC)ccc1NC(=O)C1CCN(S(=O)(=O)/C=C/c2ccccc2)CC1. The fourth-order valence-corrected chi connectivity index (χ4v) is 4.68. The molecule has 1 amide bonds. The zero-order valence-corrected chi connectivity index (χ0v) is 18.8. The summed E-state index contributed by atoms with van der Waals surface area (Å²) in [5, 5.41) is 3.97. The lowest BCUT2D eigenvalue weighted by Crippen LogP contribution is -2.40. The van der Waals surface area contributed by atoms with Crippen molar-refractivity contribution in [3.8, 4) is 5.75 Å². The number of carbonyl (C=O) groups excluding carboxylic acids is 2. The summed E-state index contributed by atoms with van der Waals surface area (Å²) in [5.74, 6) is -0.764. The molecule has 0 aliphatic carbocycles. The first-order valence-electron chi connectivity index (χ1n) is 10.1. The van der Waals surface area contributed by atoms with Crippen LogP contribution in [0.2, 0.25) is 0 Å². The number of piperidine rings is 1. The standard InChI is InChI=1S/C23H26N2O6S/c1-30-19-8-9-21(20(16-19)23(27)31-2)24-22(26)18-10-13-25(14-11-18)32(28,29)15-12-17-6-4-3-5-7-17/h3-9,12,15-16,18H,10-11,13-14H2,1-2H3,(H,24,26)/b15-12+. The van der Waals surface area contributed by atoms with Gasteiger partial charge >= 0.3 is 5.97 Å². The number of anilines is 1. The van der Waals surface area contributed by atoms with Crippen LogP contribution in [0.4, 0.5) is 5.69 Å². The molecule has 170 valence electrons. The Hall–Kier alpha value is -3.17. The minimum atomic E-state index is -3.57. The fraction of sp³-hybridized carbons (Fsp3) is 0.304. The molecule has 32 heavy (non-hydrogen) atoms. The minimum absolute atomic E-state index is 0.186. The van der Waals surface area contributed by atoms with Crippen LogP contribution in [0, 0.1) is 5.92 Å². The van der Waals surface area contributed by atoms with E-state index in [1.807, 2.05) is 30.3 Å². The highest BCUT2D eigenvalue weighted by Gasteiger charge is 2.30. The van der Waals surface area contributed by atoms with Gasteiger partial charge in [0.25, 0.3) is 0 Å². The highest BCUT2D eigenvalue weighted by molar-refractivity contribution is 7.92. The Morgan fingerprint density at radius 1 is 1.06 bits per heavy atom. The molecule has 1 aliphatic rings. The van der Waals surface area contributed by atoms with Gasteiger partial charge in [-0.05, 0) is 42.7 Å². The summed E-state index contributed by atoms with van der Waals surface area (Å²) in [6, 6.07) is 13.9. The van der Waals surface area contributed by atoms with Crippen LogP contribution in [0.1, 0.15) is 28.8 Å². The predicted octanol–water partition coefficient (Wildman–Crippen LogP) is 3.13. The lowest BCUT2D eigenvalue weighted by Gasteiger charge is -2.29. The van der Waals surface area contributed by atoms with E-state index in [2.05, 4.69) is 5.32 Å². The molecule has 2 aromatic carbocycles. The number of sulfonamides is 1.